The summed E-state index contributed by atoms with van der Waals surface area (Å²) in [6.07, 6.45) is 5.31. The third-order valence-electron chi connectivity index (χ3n) is 4.95. The number of thioether (sulfide) groups is 1. The molecule has 5 amide bonds. The van der Waals surface area contributed by atoms with Crippen LogP contribution in [0.5, 0.6) is 0 Å². The summed E-state index contributed by atoms with van der Waals surface area (Å²) < 4.78 is 0. The number of hydrogen-bond acceptors (Lipinski definition) is 6. The second kappa shape index (κ2) is 8.74. The molecular formula is C19H24N4O4S. The van der Waals surface area contributed by atoms with Crippen LogP contribution in [0, 0.1) is 0 Å². The first-order chi connectivity index (χ1) is 13.4. The number of amides is 5. The van der Waals surface area contributed by atoms with Gasteiger partial charge in [0.05, 0.1) is 18.9 Å². The average molecular weight is 404 g/mol. The van der Waals surface area contributed by atoms with Crippen LogP contribution in [0.4, 0.5) is 10.5 Å². The summed E-state index contributed by atoms with van der Waals surface area (Å²) in [4.78, 5) is 53.9. The number of carbonyl (C=O) groups excluding carboxylic acids is 4. The van der Waals surface area contributed by atoms with Crippen LogP contribution in [-0.2, 0) is 14.4 Å². The van der Waals surface area contributed by atoms with Gasteiger partial charge in [-0.1, -0.05) is 25.0 Å². The molecule has 0 bridgehead atoms. The lowest BCUT2D eigenvalue weighted by molar-refractivity contribution is -0.144. The van der Waals surface area contributed by atoms with E-state index < -0.39 is 17.8 Å². The summed E-state index contributed by atoms with van der Waals surface area (Å²) in [6, 6.07) is 6.69. The molecule has 1 aromatic rings. The number of para-hydroxylation sites is 1. The zero-order valence-electron chi connectivity index (χ0n) is 16.0. The quantitative estimate of drug-likeness (QED) is 0.425. The number of imide groups is 2. The Kier molecular flexibility index (Phi) is 6.35. The van der Waals surface area contributed by atoms with Crippen molar-refractivity contribution in [3.05, 3.63) is 24.3 Å². The van der Waals surface area contributed by atoms with Crippen molar-refractivity contribution in [2.75, 3.05) is 31.8 Å². The summed E-state index contributed by atoms with van der Waals surface area (Å²) in [6.45, 7) is -0.123. The fourth-order valence-corrected chi connectivity index (χ4v) is 4.16. The van der Waals surface area contributed by atoms with Gasteiger partial charge in [0.15, 0.2) is 0 Å². The van der Waals surface area contributed by atoms with E-state index in [1.807, 2.05) is 30.5 Å². The molecule has 2 aliphatic rings. The molecule has 0 spiro atoms. The molecule has 1 aliphatic carbocycles. The monoisotopic (exact) mass is 404 g/mol. The van der Waals surface area contributed by atoms with Gasteiger partial charge in [0, 0.05) is 10.9 Å². The maximum Gasteiger partial charge on any atom is 0.335 e. The Balaban J connectivity index is 1.58. The van der Waals surface area contributed by atoms with Crippen molar-refractivity contribution in [1.82, 2.24) is 14.7 Å². The van der Waals surface area contributed by atoms with E-state index in [-0.39, 0.29) is 25.2 Å². The first-order valence-corrected chi connectivity index (χ1v) is 10.4. The lowest BCUT2D eigenvalue weighted by atomic mass is 10.2. The molecule has 9 heteroatoms. The molecule has 0 atom stereocenters. The molecule has 3 rings (SSSR count). The molecule has 1 saturated heterocycles. The molecule has 0 radical (unpaired) electrons. The minimum Gasteiger partial charge on any atom is -0.324 e. The fourth-order valence-electron chi connectivity index (χ4n) is 3.61. The first-order valence-electron chi connectivity index (χ1n) is 9.22. The van der Waals surface area contributed by atoms with Crippen molar-refractivity contribution in [2.45, 2.75) is 36.6 Å². The van der Waals surface area contributed by atoms with Gasteiger partial charge in [-0.25, -0.2) is 9.69 Å². The van der Waals surface area contributed by atoms with E-state index >= 15 is 0 Å². The van der Waals surface area contributed by atoms with Crippen molar-refractivity contribution in [3.8, 4) is 0 Å². The normalized spacial score (nSPS) is 17.9. The Morgan fingerprint density at radius 2 is 1.86 bits per heavy atom. The zero-order chi connectivity index (χ0) is 20.3. The fraction of sp³-hybridized carbons (Fsp3) is 0.474. The van der Waals surface area contributed by atoms with Gasteiger partial charge in [0.2, 0.25) is 5.91 Å². The summed E-state index contributed by atoms with van der Waals surface area (Å²) >= 11 is 1.53. The number of rotatable bonds is 7. The highest BCUT2D eigenvalue weighted by Gasteiger charge is 2.48. The summed E-state index contributed by atoms with van der Waals surface area (Å²) in [7, 11) is 1.63. The highest BCUT2D eigenvalue weighted by molar-refractivity contribution is 7.98. The first kappa shape index (κ1) is 20.3. The topological polar surface area (TPSA) is 90.0 Å². The van der Waals surface area contributed by atoms with Crippen molar-refractivity contribution in [2.24, 2.45) is 0 Å². The van der Waals surface area contributed by atoms with Gasteiger partial charge in [-0.15, -0.1) is 11.8 Å². The molecule has 8 nitrogen and oxygen atoms in total. The Labute approximate surface area is 168 Å². The summed E-state index contributed by atoms with van der Waals surface area (Å²) in [5.41, 5.74) is 0.712. The van der Waals surface area contributed by atoms with Gasteiger partial charge >= 0.3 is 17.8 Å². The van der Waals surface area contributed by atoms with E-state index in [4.69, 9.17) is 0 Å². The smallest absolute Gasteiger partial charge is 0.324 e. The number of likely N-dealkylation sites (N-methyl/N-ethyl adjacent to an activating group) is 1. The lowest BCUT2D eigenvalue weighted by Gasteiger charge is -2.24. The number of anilines is 1. The highest BCUT2D eigenvalue weighted by Crippen LogP contribution is 2.28. The number of nitrogens with zero attached hydrogens (tertiary/aromatic N) is 3. The van der Waals surface area contributed by atoms with Gasteiger partial charge in [0.25, 0.3) is 0 Å². The maximum atomic E-state index is 12.6. The van der Waals surface area contributed by atoms with Crippen LogP contribution in [0.2, 0.25) is 0 Å². The molecule has 0 unspecified atom stereocenters. The number of nitrogens with one attached hydrogen (secondary N) is 1. The minimum atomic E-state index is -0.822. The second-order valence-electron chi connectivity index (χ2n) is 7.03. The van der Waals surface area contributed by atoms with Crippen molar-refractivity contribution >= 4 is 41.2 Å². The highest BCUT2D eigenvalue weighted by atomic mass is 32.2. The Morgan fingerprint density at radius 3 is 2.54 bits per heavy atom. The van der Waals surface area contributed by atoms with Crippen molar-refractivity contribution < 1.29 is 19.2 Å². The van der Waals surface area contributed by atoms with Crippen molar-refractivity contribution in [3.63, 3.8) is 0 Å². The SMILES string of the molecule is CSc1ccccc1NC(=O)CN(C)CN1C(=O)C(=O)N(C2CCCC2)C1=O. The van der Waals surface area contributed by atoms with Crippen LogP contribution in [0.15, 0.2) is 29.2 Å². The standard InChI is InChI=1S/C19H24N4O4S/c1-21(11-16(24)20-14-9-5-6-10-15(14)28-2)12-22-17(25)18(26)23(19(22)27)13-7-3-4-8-13/h5-6,9-10,13H,3-4,7-8,11-12H2,1-2H3,(H,20,24). The number of benzene rings is 1. The van der Waals surface area contributed by atoms with Crippen LogP contribution in [0.1, 0.15) is 25.7 Å². The van der Waals surface area contributed by atoms with E-state index in [1.165, 1.54) is 16.7 Å². The molecule has 0 aromatic heterocycles. The van der Waals surface area contributed by atoms with Gasteiger partial charge in [-0.2, -0.15) is 0 Å². The van der Waals surface area contributed by atoms with Gasteiger partial charge in [-0.3, -0.25) is 24.2 Å². The lowest BCUT2D eigenvalue weighted by Crippen LogP contribution is -2.44. The predicted octanol–water partition coefficient (Wildman–Crippen LogP) is 1.97. The van der Waals surface area contributed by atoms with E-state index in [2.05, 4.69) is 5.32 Å². The van der Waals surface area contributed by atoms with Crippen LogP contribution < -0.4 is 5.32 Å². The van der Waals surface area contributed by atoms with Crippen LogP contribution in [0.3, 0.4) is 0 Å². The molecule has 150 valence electrons. The van der Waals surface area contributed by atoms with Gasteiger partial charge in [0.1, 0.15) is 0 Å². The number of urea groups is 1. The molecule has 2 fully saturated rings. The van der Waals surface area contributed by atoms with E-state index in [0.717, 1.165) is 40.4 Å². The maximum absolute atomic E-state index is 12.6. The Bertz CT molecular complexity index is 794. The van der Waals surface area contributed by atoms with Crippen LogP contribution in [0.25, 0.3) is 0 Å². The zero-order valence-corrected chi connectivity index (χ0v) is 16.8. The van der Waals surface area contributed by atoms with Gasteiger partial charge in [-0.05, 0) is 38.3 Å². The van der Waals surface area contributed by atoms with Gasteiger partial charge < -0.3 is 5.32 Å². The second-order valence-corrected chi connectivity index (χ2v) is 7.88. The third-order valence-corrected chi connectivity index (χ3v) is 5.75. The molecule has 1 saturated carbocycles. The summed E-state index contributed by atoms with van der Waals surface area (Å²) in [5.74, 6) is -1.84. The Morgan fingerprint density at radius 1 is 1.18 bits per heavy atom. The molecule has 1 aromatic carbocycles. The number of hydrogen-bond donors (Lipinski definition) is 1. The molecular weight excluding hydrogens is 380 g/mol. The molecule has 1 aliphatic heterocycles. The summed E-state index contributed by atoms with van der Waals surface area (Å²) in [5, 5.41) is 2.83. The van der Waals surface area contributed by atoms with Crippen LogP contribution in [-0.4, -0.2) is 71.0 Å². The third kappa shape index (κ3) is 4.20. The average Bonchev–Trinajstić information content (AvgIpc) is 3.25. The largest absolute Gasteiger partial charge is 0.335 e. The molecule has 1 N–H and O–H groups in total. The van der Waals surface area contributed by atoms with E-state index in [0.29, 0.717) is 5.69 Å². The molecule has 28 heavy (non-hydrogen) atoms. The minimum absolute atomic E-state index is 0.0165. The van der Waals surface area contributed by atoms with Crippen LogP contribution >= 0.6 is 11.8 Å². The molecule has 1 heterocycles. The number of carbonyl (C=O) groups is 4. The van der Waals surface area contributed by atoms with Crippen molar-refractivity contribution in [1.29, 1.82) is 0 Å². The van der Waals surface area contributed by atoms with E-state index in [9.17, 15) is 19.2 Å². The predicted molar refractivity (Wildman–Crippen MR) is 106 cm³/mol. The van der Waals surface area contributed by atoms with E-state index in [1.54, 1.807) is 7.05 Å². The Hall–Kier alpha value is -2.39.